The molecule has 0 spiro atoms. The molecule has 5 nitrogen and oxygen atoms in total. The normalized spacial score (nSPS) is 11.1. The molecule has 1 N–H and O–H groups in total. The highest BCUT2D eigenvalue weighted by atomic mass is 32.2. The van der Waals surface area contributed by atoms with E-state index in [0.717, 1.165) is 17.4 Å². The summed E-state index contributed by atoms with van der Waals surface area (Å²) < 4.78 is 25.0. The SMILES string of the molecule is Cc1ccccc1CN(C)C(=O)c1cccc(NS(C)(=O)=O)c1. The van der Waals surface area contributed by atoms with Crippen molar-refractivity contribution < 1.29 is 13.2 Å². The van der Waals surface area contributed by atoms with Crippen molar-refractivity contribution in [2.24, 2.45) is 0 Å². The van der Waals surface area contributed by atoms with Gasteiger partial charge in [0.1, 0.15) is 0 Å². The number of carbonyl (C=O) groups excluding carboxylic acids is 1. The fraction of sp³-hybridized carbons (Fsp3) is 0.235. The molecule has 6 heteroatoms. The number of carbonyl (C=O) groups is 1. The van der Waals surface area contributed by atoms with Crippen molar-refractivity contribution in [1.82, 2.24) is 4.90 Å². The van der Waals surface area contributed by atoms with E-state index < -0.39 is 10.0 Å². The third-order valence-electron chi connectivity index (χ3n) is 3.43. The topological polar surface area (TPSA) is 66.5 Å². The third-order valence-corrected chi connectivity index (χ3v) is 4.03. The van der Waals surface area contributed by atoms with Crippen LogP contribution < -0.4 is 4.72 Å². The first-order valence-electron chi connectivity index (χ1n) is 7.14. The number of amides is 1. The lowest BCUT2D eigenvalue weighted by Crippen LogP contribution is -2.26. The van der Waals surface area contributed by atoms with Crippen molar-refractivity contribution in [2.75, 3.05) is 18.0 Å². The molecule has 0 aliphatic carbocycles. The smallest absolute Gasteiger partial charge is 0.253 e. The van der Waals surface area contributed by atoms with E-state index in [9.17, 15) is 13.2 Å². The summed E-state index contributed by atoms with van der Waals surface area (Å²) in [4.78, 5) is 14.1. The zero-order valence-electron chi connectivity index (χ0n) is 13.4. The molecule has 0 bridgehead atoms. The van der Waals surface area contributed by atoms with Crippen molar-refractivity contribution in [3.8, 4) is 0 Å². The molecule has 122 valence electrons. The molecule has 2 aromatic rings. The first-order valence-corrected chi connectivity index (χ1v) is 9.03. The molecule has 0 atom stereocenters. The van der Waals surface area contributed by atoms with Gasteiger partial charge in [-0.1, -0.05) is 30.3 Å². The van der Waals surface area contributed by atoms with E-state index in [1.54, 1.807) is 30.1 Å². The number of rotatable bonds is 5. The summed E-state index contributed by atoms with van der Waals surface area (Å²) in [7, 11) is -1.64. The van der Waals surface area contributed by atoms with Gasteiger partial charge in [0.15, 0.2) is 0 Å². The van der Waals surface area contributed by atoms with Crippen molar-refractivity contribution >= 4 is 21.6 Å². The summed E-state index contributed by atoms with van der Waals surface area (Å²) >= 11 is 0. The zero-order chi connectivity index (χ0) is 17.0. The van der Waals surface area contributed by atoms with Gasteiger partial charge in [-0.2, -0.15) is 0 Å². The summed E-state index contributed by atoms with van der Waals surface area (Å²) in [6.45, 7) is 2.50. The molecule has 2 rings (SSSR count). The summed E-state index contributed by atoms with van der Waals surface area (Å²) in [5, 5.41) is 0. The average Bonchev–Trinajstić information content (AvgIpc) is 2.47. The minimum atomic E-state index is -3.37. The summed E-state index contributed by atoms with van der Waals surface area (Å²) in [5.41, 5.74) is 3.02. The second-order valence-corrected chi connectivity index (χ2v) is 7.29. The second-order valence-electron chi connectivity index (χ2n) is 5.54. The number of nitrogens with one attached hydrogen (secondary N) is 1. The van der Waals surface area contributed by atoms with E-state index in [-0.39, 0.29) is 5.91 Å². The molecule has 1 amide bonds. The second kappa shape index (κ2) is 6.83. The Morgan fingerprint density at radius 3 is 2.48 bits per heavy atom. The van der Waals surface area contributed by atoms with E-state index in [1.807, 2.05) is 31.2 Å². The minimum absolute atomic E-state index is 0.162. The standard InChI is InChI=1S/C17H20N2O3S/c1-13-7-4-5-8-15(13)12-19(2)17(20)14-9-6-10-16(11-14)18-23(3,21)22/h4-11,18H,12H2,1-3H3. The number of anilines is 1. The van der Waals surface area contributed by atoms with Crippen LogP contribution in [0.5, 0.6) is 0 Å². The van der Waals surface area contributed by atoms with Crippen LogP contribution in [0.4, 0.5) is 5.69 Å². The molecule has 0 saturated carbocycles. The Morgan fingerprint density at radius 2 is 1.83 bits per heavy atom. The van der Waals surface area contributed by atoms with Crippen molar-refractivity contribution in [3.05, 3.63) is 65.2 Å². The Balaban J connectivity index is 2.16. The molecule has 0 radical (unpaired) electrons. The van der Waals surface area contributed by atoms with Crippen LogP contribution in [0.2, 0.25) is 0 Å². The lowest BCUT2D eigenvalue weighted by molar-refractivity contribution is 0.0785. The Labute approximate surface area is 137 Å². The lowest BCUT2D eigenvalue weighted by atomic mass is 10.1. The molecule has 0 saturated heterocycles. The Kier molecular flexibility index (Phi) is 5.05. The Bertz CT molecular complexity index is 816. The number of hydrogen-bond donors (Lipinski definition) is 1. The van der Waals surface area contributed by atoms with Crippen LogP contribution in [0.15, 0.2) is 48.5 Å². The van der Waals surface area contributed by atoms with Gasteiger partial charge in [0.05, 0.1) is 6.26 Å². The molecular formula is C17H20N2O3S. The average molecular weight is 332 g/mol. The number of nitrogens with zero attached hydrogens (tertiary/aromatic N) is 1. The maximum atomic E-state index is 12.5. The van der Waals surface area contributed by atoms with Crippen LogP contribution in [-0.4, -0.2) is 32.5 Å². The molecule has 0 aromatic heterocycles. The molecule has 2 aromatic carbocycles. The summed E-state index contributed by atoms with van der Waals surface area (Å²) in [6, 6.07) is 14.4. The monoisotopic (exact) mass is 332 g/mol. The van der Waals surface area contributed by atoms with Crippen LogP contribution in [-0.2, 0) is 16.6 Å². The largest absolute Gasteiger partial charge is 0.337 e. The molecule has 0 aliphatic rings. The van der Waals surface area contributed by atoms with Gasteiger partial charge in [-0.25, -0.2) is 8.42 Å². The van der Waals surface area contributed by atoms with Gasteiger partial charge in [-0.15, -0.1) is 0 Å². The fourth-order valence-electron chi connectivity index (χ4n) is 2.26. The van der Waals surface area contributed by atoms with Gasteiger partial charge in [-0.05, 0) is 36.2 Å². The number of benzene rings is 2. The van der Waals surface area contributed by atoms with Crippen molar-refractivity contribution in [1.29, 1.82) is 0 Å². The lowest BCUT2D eigenvalue weighted by Gasteiger charge is -2.19. The van der Waals surface area contributed by atoms with Crippen LogP contribution in [0.25, 0.3) is 0 Å². The van der Waals surface area contributed by atoms with E-state index in [4.69, 9.17) is 0 Å². The van der Waals surface area contributed by atoms with Gasteiger partial charge in [0.25, 0.3) is 5.91 Å². The fourth-order valence-corrected chi connectivity index (χ4v) is 2.82. The van der Waals surface area contributed by atoms with Gasteiger partial charge in [-0.3, -0.25) is 9.52 Å². The van der Waals surface area contributed by atoms with Crippen LogP contribution in [0.1, 0.15) is 21.5 Å². The molecule has 23 heavy (non-hydrogen) atoms. The predicted molar refractivity (Wildman–Crippen MR) is 91.9 cm³/mol. The molecule has 0 unspecified atom stereocenters. The number of hydrogen-bond acceptors (Lipinski definition) is 3. The Hall–Kier alpha value is -2.34. The van der Waals surface area contributed by atoms with E-state index in [1.165, 1.54) is 6.07 Å². The molecular weight excluding hydrogens is 312 g/mol. The molecule has 0 fully saturated rings. The van der Waals surface area contributed by atoms with E-state index in [0.29, 0.717) is 17.8 Å². The first kappa shape index (κ1) is 17.0. The van der Waals surface area contributed by atoms with Crippen LogP contribution in [0, 0.1) is 6.92 Å². The Morgan fingerprint density at radius 1 is 1.13 bits per heavy atom. The number of sulfonamides is 1. The quantitative estimate of drug-likeness (QED) is 0.915. The zero-order valence-corrected chi connectivity index (χ0v) is 14.2. The van der Waals surface area contributed by atoms with Gasteiger partial charge >= 0.3 is 0 Å². The predicted octanol–water partition coefficient (Wildman–Crippen LogP) is 2.64. The number of aryl methyl sites for hydroxylation is 1. The van der Waals surface area contributed by atoms with E-state index >= 15 is 0 Å². The van der Waals surface area contributed by atoms with Gasteiger partial charge < -0.3 is 4.90 Å². The highest BCUT2D eigenvalue weighted by molar-refractivity contribution is 7.92. The van der Waals surface area contributed by atoms with E-state index in [2.05, 4.69) is 4.72 Å². The summed E-state index contributed by atoms with van der Waals surface area (Å²) in [5.74, 6) is -0.162. The third kappa shape index (κ3) is 4.82. The molecule has 0 aliphatic heterocycles. The van der Waals surface area contributed by atoms with Crippen LogP contribution >= 0.6 is 0 Å². The highest BCUT2D eigenvalue weighted by Crippen LogP contribution is 2.16. The maximum absolute atomic E-state index is 12.5. The van der Waals surface area contributed by atoms with Crippen LogP contribution in [0.3, 0.4) is 0 Å². The molecule has 0 heterocycles. The summed E-state index contributed by atoms with van der Waals surface area (Å²) in [6.07, 6.45) is 1.08. The van der Waals surface area contributed by atoms with Gasteiger partial charge in [0.2, 0.25) is 10.0 Å². The van der Waals surface area contributed by atoms with Crippen molar-refractivity contribution in [3.63, 3.8) is 0 Å². The maximum Gasteiger partial charge on any atom is 0.253 e. The first-order chi connectivity index (χ1) is 10.8. The van der Waals surface area contributed by atoms with Crippen molar-refractivity contribution in [2.45, 2.75) is 13.5 Å². The minimum Gasteiger partial charge on any atom is -0.337 e. The highest BCUT2D eigenvalue weighted by Gasteiger charge is 2.14. The van der Waals surface area contributed by atoms with Gasteiger partial charge in [0, 0.05) is 24.8 Å².